The Balaban J connectivity index is 1.62. The number of fused-ring (bicyclic) bond motifs is 4. The lowest BCUT2D eigenvalue weighted by Crippen LogP contribution is -2.46. The van der Waals surface area contributed by atoms with Crippen molar-refractivity contribution in [2.75, 3.05) is 4.90 Å². The highest BCUT2D eigenvalue weighted by Crippen LogP contribution is 2.56. The minimum absolute atomic E-state index is 0.0183. The van der Waals surface area contributed by atoms with E-state index in [-0.39, 0.29) is 29.7 Å². The Kier molecular flexibility index (Phi) is 4.70. The summed E-state index contributed by atoms with van der Waals surface area (Å²) < 4.78 is 21.1. The molecule has 2 N–H and O–H groups in total. The number of nitrogens with two attached hydrogens (primary N) is 1. The van der Waals surface area contributed by atoms with E-state index < -0.39 is 5.41 Å². The van der Waals surface area contributed by atoms with Gasteiger partial charge in [-0.05, 0) is 42.8 Å². The number of rotatable bonds is 3. The zero-order chi connectivity index (χ0) is 25.0. The Hall–Kier alpha value is -4.90. The first kappa shape index (κ1) is 21.6. The molecular formula is C28H20FN5O2. The van der Waals surface area contributed by atoms with Crippen LogP contribution in [0.2, 0.25) is 0 Å². The molecule has 1 atom stereocenters. The summed E-state index contributed by atoms with van der Waals surface area (Å²) in [5, 5.41) is 15.0. The number of nitrogens with zero attached hydrogens (tertiary/aromatic N) is 4. The Labute approximate surface area is 206 Å². The third-order valence-corrected chi connectivity index (χ3v) is 6.75. The molecule has 1 aromatic heterocycles. The molecule has 3 aromatic carbocycles. The van der Waals surface area contributed by atoms with Crippen molar-refractivity contribution < 1.29 is 13.9 Å². The maximum absolute atomic E-state index is 14.5. The SMILES string of the molecule is Cc1nn(-c2ccccc2)c2c1[C@@]1(C(=O)N(Cc3ccc(F)cc3)c3ccccc31)C(C#N)=C(N)O2. The predicted octanol–water partition coefficient (Wildman–Crippen LogP) is 4.24. The number of hydrogen-bond acceptors (Lipinski definition) is 5. The standard InChI is InChI=1S/C28H20FN5O2/c1-17-24-26(34(32-17)20-7-3-2-4-8-20)36-25(31)22(15-30)28(24)21-9-5-6-10-23(21)33(27(28)35)16-18-11-13-19(29)14-12-18/h2-14H,16,31H2,1H3/t28-/m0/s1. The van der Waals surface area contributed by atoms with Crippen LogP contribution in [0.1, 0.15) is 22.4 Å². The minimum Gasteiger partial charge on any atom is -0.422 e. The largest absolute Gasteiger partial charge is 0.422 e. The molecule has 4 aromatic rings. The first-order chi connectivity index (χ1) is 17.5. The van der Waals surface area contributed by atoms with Crippen molar-refractivity contribution in [2.24, 2.45) is 5.73 Å². The molecule has 36 heavy (non-hydrogen) atoms. The quantitative estimate of drug-likeness (QED) is 0.476. The van der Waals surface area contributed by atoms with Crippen molar-refractivity contribution >= 4 is 11.6 Å². The zero-order valence-corrected chi connectivity index (χ0v) is 19.3. The number of aryl methyl sites for hydroxylation is 1. The summed E-state index contributed by atoms with van der Waals surface area (Å²) in [4.78, 5) is 16.1. The van der Waals surface area contributed by atoms with Gasteiger partial charge in [-0.3, -0.25) is 4.79 Å². The average Bonchev–Trinajstić information content (AvgIpc) is 3.34. The number of carbonyl (C=O) groups excluding carboxylic acids is 1. The van der Waals surface area contributed by atoms with E-state index in [9.17, 15) is 14.4 Å². The number of para-hydroxylation sites is 2. The van der Waals surface area contributed by atoms with Crippen LogP contribution in [0.3, 0.4) is 0 Å². The number of amides is 1. The van der Waals surface area contributed by atoms with Gasteiger partial charge in [-0.25, -0.2) is 9.07 Å². The number of carbonyl (C=O) groups is 1. The molecule has 7 nitrogen and oxygen atoms in total. The van der Waals surface area contributed by atoms with Gasteiger partial charge in [-0.1, -0.05) is 48.5 Å². The molecule has 0 bridgehead atoms. The number of hydrogen-bond donors (Lipinski definition) is 1. The van der Waals surface area contributed by atoms with Crippen LogP contribution in [0.4, 0.5) is 10.1 Å². The lowest BCUT2D eigenvalue weighted by Gasteiger charge is -2.33. The third kappa shape index (κ3) is 2.83. The van der Waals surface area contributed by atoms with E-state index >= 15 is 0 Å². The van der Waals surface area contributed by atoms with E-state index in [1.165, 1.54) is 12.1 Å². The highest BCUT2D eigenvalue weighted by Gasteiger charge is 2.61. The molecule has 3 heterocycles. The number of benzene rings is 3. The number of halogens is 1. The molecule has 2 aliphatic heterocycles. The van der Waals surface area contributed by atoms with Gasteiger partial charge in [-0.2, -0.15) is 10.4 Å². The van der Waals surface area contributed by atoms with Crippen LogP contribution in [0.25, 0.3) is 5.69 Å². The molecule has 0 radical (unpaired) electrons. The van der Waals surface area contributed by atoms with Gasteiger partial charge in [0.1, 0.15) is 22.9 Å². The molecular weight excluding hydrogens is 457 g/mol. The average molecular weight is 477 g/mol. The first-order valence-electron chi connectivity index (χ1n) is 11.4. The fraction of sp³-hybridized carbons (Fsp3) is 0.107. The van der Waals surface area contributed by atoms with Crippen LogP contribution >= 0.6 is 0 Å². The molecule has 0 saturated heterocycles. The van der Waals surface area contributed by atoms with Gasteiger partial charge in [0.25, 0.3) is 0 Å². The van der Waals surface area contributed by atoms with Crippen LogP contribution < -0.4 is 15.4 Å². The van der Waals surface area contributed by atoms with Gasteiger partial charge in [0.2, 0.25) is 17.7 Å². The molecule has 8 heteroatoms. The second-order valence-electron chi connectivity index (χ2n) is 8.75. The lowest BCUT2D eigenvalue weighted by molar-refractivity contribution is -0.121. The number of nitriles is 1. The molecule has 6 rings (SSSR count). The van der Waals surface area contributed by atoms with Gasteiger partial charge in [0, 0.05) is 11.3 Å². The molecule has 0 fully saturated rings. The van der Waals surface area contributed by atoms with Gasteiger partial charge in [0.15, 0.2) is 0 Å². The maximum Gasteiger partial charge on any atom is 0.248 e. The minimum atomic E-state index is -1.53. The first-order valence-corrected chi connectivity index (χ1v) is 11.4. The second kappa shape index (κ2) is 7.82. The Morgan fingerprint density at radius 1 is 1.06 bits per heavy atom. The Morgan fingerprint density at radius 3 is 2.47 bits per heavy atom. The molecule has 1 amide bonds. The summed E-state index contributed by atoms with van der Waals surface area (Å²) in [5.74, 6) is -0.549. The molecule has 1 spiro atoms. The highest BCUT2D eigenvalue weighted by molar-refractivity contribution is 6.14. The maximum atomic E-state index is 14.5. The van der Waals surface area contributed by atoms with Gasteiger partial charge in [-0.15, -0.1) is 0 Å². The number of aromatic nitrogens is 2. The summed E-state index contributed by atoms with van der Waals surface area (Å²) in [6.07, 6.45) is 0. The molecule has 0 saturated carbocycles. The molecule has 0 unspecified atom stereocenters. The van der Waals surface area contributed by atoms with E-state index in [0.717, 1.165) is 11.3 Å². The van der Waals surface area contributed by atoms with Crippen LogP contribution in [-0.2, 0) is 16.8 Å². The lowest BCUT2D eigenvalue weighted by atomic mass is 9.69. The predicted molar refractivity (Wildman–Crippen MR) is 131 cm³/mol. The second-order valence-corrected chi connectivity index (χ2v) is 8.75. The third-order valence-electron chi connectivity index (χ3n) is 6.75. The number of anilines is 1. The molecule has 2 aliphatic rings. The van der Waals surface area contributed by atoms with Gasteiger partial charge >= 0.3 is 0 Å². The van der Waals surface area contributed by atoms with Crippen molar-refractivity contribution in [1.29, 1.82) is 5.26 Å². The van der Waals surface area contributed by atoms with Crippen molar-refractivity contribution in [3.63, 3.8) is 0 Å². The van der Waals surface area contributed by atoms with E-state index in [4.69, 9.17) is 15.6 Å². The smallest absolute Gasteiger partial charge is 0.248 e. The summed E-state index contributed by atoms with van der Waals surface area (Å²) >= 11 is 0. The van der Waals surface area contributed by atoms with Crippen molar-refractivity contribution in [1.82, 2.24) is 9.78 Å². The summed E-state index contributed by atoms with van der Waals surface area (Å²) in [6, 6.07) is 24.9. The van der Waals surface area contributed by atoms with Crippen molar-refractivity contribution in [2.45, 2.75) is 18.9 Å². The summed E-state index contributed by atoms with van der Waals surface area (Å²) in [6.45, 7) is 1.98. The van der Waals surface area contributed by atoms with Crippen LogP contribution in [0, 0.1) is 24.1 Å². The van der Waals surface area contributed by atoms with E-state index in [2.05, 4.69) is 6.07 Å². The fourth-order valence-corrected chi connectivity index (χ4v) is 5.25. The molecule has 0 aliphatic carbocycles. The monoisotopic (exact) mass is 477 g/mol. The topological polar surface area (TPSA) is 97.2 Å². The Morgan fingerprint density at radius 2 is 1.75 bits per heavy atom. The van der Waals surface area contributed by atoms with Crippen molar-refractivity contribution in [3.8, 4) is 17.6 Å². The zero-order valence-electron chi connectivity index (χ0n) is 19.3. The highest BCUT2D eigenvalue weighted by atomic mass is 19.1. The van der Waals surface area contributed by atoms with Crippen LogP contribution in [0.5, 0.6) is 5.88 Å². The normalized spacial score (nSPS) is 18.1. The van der Waals surface area contributed by atoms with Gasteiger partial charge in [0.05, 0.1) is 23.5 Å². The van der Waals surface area contributed by atoms with Crippen molar-refractivity contribution in [3.05, 3.63) is 119 Å². The summed E-state index contributed by atoms with van der Waals surface area (Å²) in [7, 11) is 0. The summed E-state index contributed by atoms with van der Waals surface area (Å²) in [5.41, 5.74) is 8.59. The van der Waals surface area contributed by atoms with E-state index in [0.29, 0.717) is 28.4 Å². The van der Waals surface area contributed by atoms with Crippen LogP contribution in [0.15, 0.2) is 90.3 Å². The Bertz CT molecular complexity index is 1600. The fourth-order valence-electron chi connectivity index (χ4n) is 5.25. The van der Waals surface area contributed by atoms with E-state index in [1.807, 2.05) is 54.6 Å². The number of ether oxygens (including phenoxy) is 1. The van der Waals surface area contributed by atoms with Crippen LogP contribution in [-0.4, -0.2) is 15.7 Å². The van der Waals surface area contributed by atoms with Gasteiger partial charge < -0.3 is 15.4 Å². The molecule has 176 valence electrons. The van der Waals surface area contributed by atoms with E-state index in [1.54, 1.807) is 28.6 Å².